The lowest BCUT2D eigenvalue weighted by molar-refractivity contribution is -0.212. The molecule has 228 valence electrons. The third kappa shape index (κ3) is 6.00. The summed E-state index contributed by atoms with van der Waals surface area (Å²) in [5.74, 6) is 4.34. The van der Waals surface area contributed by atoms with Crippen LogP contribution >= 0.6 is 11.3 Å². The van der Waals surface area contributed by atoms with Crippen LogP contribution in [0.3, 0.4) is 0 Å². The number of para-hydroxylation sites is 1. The van der Waals surface area contributed by atoms with Gasteiger partial charge in [-0.25, -0.2) is 4.98 Å². The van der Waals surface area contributed by atoms with E-state index in [0.29, 0.717) is 31.2 Å². The molecule has 2 aliphatic heterocycles. The number of hydrogen-bond donors (Lipinski definition) is 4. The normalized spacial score (nSPS) is 21.2. The molecule has 2 atom stereocenters. The number of alkyl halides is 3. The van der Waals surface area contributed by atoms with Crippen molar-refractivity contribution < 1.29 is 27.5 Å². The van der Waals surface area contributed by atoms with Gasteiger partial charge >= 0.3 is 6.18 Å². The van der Waals surface area contributed by atoms with Gasteiger partial charge in [0.25, 0.3) is 11.8 Å². The molecule has 1 unspecified atom stereocenters. The van der Waals surface area contributed by atoms with Crippen LogP contribution in [0.1, 0.15) is 48.0 Å². The SMILES string of the molecule is C[C@@H]1COCCN1c1sc(C2(C(F)(F)F)CCC2)nc1C(=N)ON.NC1N=C(c2ccccc2)c2ccccc2NC1=O. The molecule has 1 aliphatic carbocycles. The number of halogens is 3. The van der Waals surface area contributed by atoms with Gasteiger partial charge in [-0.05, 0) is 25.8 Å². The van der Waals surface area contributed by atoms with Crippen LogP contribution in [-0.4, -0.2) is 60.6 Å². The molecular formula is C29H32F3N7O3S. The molecule has 43 heavy (non-hydrogen) atoms. The van der Waals surface area contributed by atoms with Crippen LogP contribution in [0.2, 0.25) is 0 Å². The number of aromatic nitrogens is 1. The van der Waals surface area contributed by atoms with E-state index in [0.717, 1.165) is 33.9 Å². The van der Waals surface area contributed by atoms with E-state index in [1.54, 1.807) is 0 Å². The number of hydrogen-bond acceptors (Lipinski definition) is 10. The zero-order chi connectivity index (χ0) is 30.8. The molecular weight excluding hydrogens is 583 g/mol. The number of carbonyl (C=O) groups excluding carboxylic acids is 1. The van der Waals surface area contributed by atoms with Gasteiger partial charge in [-0.2, -0.15) is 19.1 Å². The lowest BCUT2D eigenvalue weighted by atomic mass is 9.68. The van der Waals surface area contributed by atoms with E-state index in [-0.39, 0.29) is 35.5 Å². The number of morpholine rings is 1. The van der Waals surface area contributed by atoms with Crippen molar-refractivity contribution in [3.63, 3.8) is 0 Å². The van der Waals surface area contributed by atoms with Crippen LogP contribution in [0.25, 0.3) is 0 Å². The molecule has 2 fully saturated rings. The molecule has 1 saturated carbocycles. The third-order valence-electron chi connectivity index (χ3n) is 7.75. The highest BCUT2D eigenvalue weighted by molar-refractivity contribution is 7.16. The second kappa shape index (κ2) is 12.4. The summed E-state index contributed by atoms with van der Waals surface area (Å²) in [5.41, 5.74) is 7.26. The second-order valence-electron chi connectivity index (χ2n) is 10.5. The van der Waals surface area contributed by atoms with E-state index in [1.165, 1.54) is 0 Å². The molecule has 0 radical (unpaired) electrons. The van der Waals surface area contributed by atoms with Crippen molar-refractivity contribution in [1.82, 2.24) is 4.98 Å². The molecule has 3 heterocycles. The largest absolute Gasteiger partial charge is 0.400 e. The highest BCUT2D eigenvalue weighted by Gasteiger charge is 2.61. The minimum absolute atomic E-state index is 0.00765. The van der Waals surface area contributed by atoms with E-state index in [1.807, 2.05) is 66.4 Å². The first kappa shape index (κ1) is 30.6. The van der Waals surface area contributed by atoms with Crippen molar-refractivity contribution in [2.75, 3.05) is 30.0 Å². The number of nitrogens with zero attached hydrogens (tertiary/aromatic N) is 3. The van der Waals surface area contributed by atoms with Crippen LogP contribution in [0, 0.1) is 5.41 Å². The maximum Gasteiger partial charge on any atom is 0.400 e. The lowest BCUT2D eigenvalue weighted by Crippen LogP contribution is -2.48. The van der Waals surface area contributed by atoms with Crippen molar-refractivity contribution >= 4 is 39.5 Å². The predicted molar refractivity (Wildman–Crippen MR) is 159 cm³/mol. The molecule has 1 aromatic heterocycles. The zero-order valence-corrected chi connectivity index (χ0v) is 24.2. The van der Waals surface area contributed by atoms with Crippen molar-refractivity contribution in [3.05, 3.63) is 76.4 Å². The molecule has 1 amide bonds. The molecule has 14 heteroatoms. The second-order valence-corrected chi connectivity index (χ2v) is 11.5. The molecule has 3 aliphatic rings. The fourth-order valence-electron chi connectivity index (χ4n) is 5.19. The number of thiazole rings is 1. The highest BCUT2D eigenvalue weighted by Crippen LogP contribution is 2.56. The van der Waals surface area contributed by atoms with Gasteiger partial charge in [-0.3, -0.25) is 15.2 Å². The summed E-state index contributed by atoms with van der Waals surface area (Å²) in [5, 5.41) is 11.1. The van der Waals surface area contributed by atoms with Gasteiger partial charge in [0.1, 0.15) is 15.4 Å². The van der Waals surface area contributed by atoms with E-state index in [4.69, 9.17) is 21.8 Å². The topological polar surface area (TPSA) is 152 Å². The van der Waals surface area contributed by atoms with Gasteiger partial charge in [-0.15, -0.1) is 0 Å². The number of fused-ring (bicyclic) bond motifs is 1. The van der Waals surface area contributed by atoms with E-state index in [9.17, 15) is 18.0 Å². The molecule has 2 aromatic carbocycles. The van der Waals surface area contributed by atoms with Crippen molar-refractivity contribution in [2.45, 2.75) is 50.0 Å². The minimum atomic E-state index is -4.36. The molecule has 0 spiro atoms. The molecule has 6 N–H and O–H groups in total. The Balaban J connectivity index is 0.000000176. The first-order chi connectivity index (χ1) is 20.6. The number of nitrogens with two attached hydrogens (primary N) is 2. The van der Waals surface area contributed by atoms with Crippen LogP contribution in [0.4, 0.5) is 23.9 Å². The Morgan fingerprint density at radius 1 is 1.19 bits per heavy atom. The standard InChI is InChI=1S/C15H13N3O.C14H19F3N4O2S/c16-14-15(19)17-12-9-5-4-8-11(12)13(18-14)10-6-2-1-3-7-10;1-8-7-22-6-5-21(8)11-9(10(18)23-19)20-12(24-11)13(3-2-4-13)14(15,16)17/h1-9,14H,16H2,(H,17,19);8,18H,2-7,19H2,1H3/t;8-/m.1/s1. The average molecular weight is 616 g/mol. The molecule has 6 rings (SSSR count). The van der Waals surface area contributed by atoms with Crippen LogP contribution in [0.5, 0.6) is 0 Å². The summed E-state index contributed by atoms with van der Waals surface area (Å²) in [6.45, 7) is 3.37. The number of benzodiazepines with no additional fused rings is 1. The van der Waals surface area contributed by atoms with E-state index >= 15 is 0 Å². The highest BCUT2D eigenvalue weighted by atomic mass is 32.1. The van der Waals surface area contributed by atoms with Crippen LogP contribution in [0.15, 0.2) is 59.6 Å². The minimum Gasteiger partial charge on any atom is -0.389 e. The number of carbonyl (C=O) groups is 1. The average Bonchev–Trinajstić information content (AvgIpc) is 3.35. The Kier molecular flexibility index (Phi) is 8.83. The molecule has 3 aromatic rings. The monoisotopic (exact) mass is 615 g/mol. The molecule has 10 nitrogen and oxygen atoms in total. The summed E-state index contributed by atoms with van der Waals surface area (Å²) in [4.78, 5) is 26.7. The maximum absolute atomic E-state index is 13.6. The predicted octanol–water partition coefficient (Wildman–Crippen LogP) is 4.33. The Labute approximate surface area is 250 Å². The van der Waals surface area contributed by atoms with Crippen molar-refractivity contribution in [2.24, 2.45) is 16.6 Å². The van der Waals surface area contributed by atoms with Gasteiger partial charge in [-0.1, -0.05) is 66.3 Å². The van der Waals surface area contributed by atoms with Crippen LogP contribution in [-0.2, 0) is 19.8 Å². The number of benzene rings is 2. The summed E-state index contributed by atoms with van der Waals surface area (Å²) in [6, 6.07) is 17.3. The summed E-state index contributed by atoms with van der Waals surface area (Å²) in [6.07, 6.45) is -4.68. The van der Waals surface area contributed by atoms with E-state index < -0.39 is 23.7 Å². The Bertz CT molecular complexity index is 1510. The first-order valence-corrected chi connectivity index (χ1v) is 14.5. The van der Waals surface area contributed by atoms with Gasteiger partial charge in [0, 0.05) is 17.7 Å². The number of anilines is 2. The Morgan fingerprint density at radius 3 is 2.51 bits per heavy atom. The summed E-state index contributed by atoms with van der Waals surface area (Å²) in [7, 11) is 0. The Morgan fingerprint density at radius 2 is 1.88 bits per heavy atom. The summed E-state index contributed by atoms with van der Waals surface area (Å²) < 4.78 is 46.2. The van der Waals surface area contributed by atoms with Gasteiger partial charge in [0.05, 0.1) is 30.7 Å². The summed E-state index contributed by atoms with van der Waals surface area (Å²) >= 11 is 0.986. The smallest absolute Gasteiger partial charge is 0.389 e. The number of amides is 1. The number of aliphatic imine (C=N–C) groups is 1. The van der Waals surface area contributed by atoms with Crippen LogP contribution < -0.4 is 21.8 Å². The quantitative estimate of drug-likeness (QED) is 0.194. The zero-order valence-electron chi connectivity index (χ0n) is 23.4. The number of rotatable bonds is 4. The fraction of sp³-hybridized carbons (Fsp3) is 0.379. The third-order valence-corrected chi connectivity index (χ3v) is 9.05. The first-order valence-electron chi connectivity index (χ1n) is 13.7. The van der Waals surface area contributed by atoms with Crippen molar-refractivity contribution in [1.29, 1.82) is 5.41 Å². The maximum atomic E-state index is 13.6. The molecule has 0 bridgehead atoms. The van der Waals surface area contributed by atoms with Gasteiger partial charge in [0.2, 0.25) is 0 Å². The fourth-order valence-corrected chi connectivity index (χ4v) is 6.65. The Hall–Kier alpha value is -3.85. The molecule has 1 saturated heterocycles. The number of ether oxygens (including phenoxy) is 1. The van der Waals surface area contributed by atoms with Gasteiger partial charge < -0.3 is 25.5 Å². The van der Waals surface area contributed by atoms with Crippen molar-refractivity contribution in [3.8, 4) is 0 Å². The van der Waals surface area contributed by atoms with Gasteiger partial charge in [0.15, 0.2) is 11.9 Å². The lowest BCUT2D eigenvalue weighted by Gasteiger charge is -2.41. The van der Waals surface area contributed by atoms with E-state index in [2.05, 4.69) is 20.1 Å². The number of nitrogens with one attached hydrogen (secondary N) is 2.